The van der Waals surface area contributed by atoms with Crippen molar-refractivity contribution in [3.8, 4) is 0 Å². The van der Waals surface area contributed by atoms with Gasteiger partial charge in [-0.25, -0.2) is 4.99 Å². The van der Waals surface area contributed by atoms with Crippen molar-refractivity contribution < 1.29 is 0 Å². The molecule has 0 fully saturated rings. The molecule has 6 nitrogen and oxygen atoms in total. The number of hydrogen-bond donors (Lipinski definition) is 2. The number of guanidine groups is 1. The van der Waals surface area contributed by atoms with E-state index in [1.165, 1.54) is 11.3 Å². The summed E-state index contributed by atoms with van der Waals surface area (Å²) in [7, 11) is 6.15. The average molecular weight is 422 g/mol. The molecule has 0 unspecified atom stereocenters. The normalized spacial score (nSPS) is 11.5. The largest absolute Gasteiger partial charge is 0.357 e. The van der Waals surface area contributed by atoms with Crippen molar-refractivity contribution in [1.29, 1.82) is 0 Å². The highest BCUT2D eigenvalue weighted by Gasteiger charge is 2.08. The molecule has 1 aromatic rings. The first-order valence-electron chi connectivity index (χ1n) is 7.61. The summed E-state index contributed by atoms with van der Waals surface area (Å²) in [4.78, 5) is 6.85. The maximum absolute atomic E-state index is 4.66. The van der Waals surface area contributed by atoms with Gasteiger partial charge < -0.3 is 15.5 Å². The van der Waals surface area contributed by atoms with E-state index in [1.807, 2.05) is 18.7 Å². The fraction of sp³-hybridized carbons (Fsp3) is 0.733. The second-order valence-electron chi connectivity index (χ2n) is 5.55. The third kappa shape index (κ3) is 6.95. The van der Waals surface area contributed by atoms with Gasteiger partial charge in [0.25, 0.3) is 0 Å². The average Bonchev–Trinajstić information content (AvgIpc) is 2.65. The molecule has 0 aliphatic heterocycles. The summed E-state index contributed by atoms with van der Waals surface area (Å²) in [5.74, 6) is 0.874. The van der Waals surface area contributed by atoms with Crippen LogP contribution in [0.1, 0.15) is 30.3 Å². The summed E-state index contributed by atoms with van der Waals surface area (Å²) in [6.45, 7) is 9.73. The van der Waals surface area contributed by atoms with Crippen LogP contribution in [0.4, 0.5) is 0 Å². The second kappa shape index (κ2) is 10.8. The number of hydrogen-bond acceptors (Lipinski definition) is 3. The van der Waals surface area contributed by atoms with Crippen molar-refractivity contribution in [2.24, 2.45) is 12.0 Å². The fourth-order valence-electron chi connectivity index (χ4n) is 2.15. The monoisotopic (exact) mass is 422 g/mol. The van der Waals surface area contributed by atoms with Crippen molar-refractivity contribution in [2.75, 3.05) is 33.7 Å². The van der Waals surface area contributed by atoms with Gasteiger partial charge in [0.05, 0.1) is 12.2 Å². The molecule has 0 saturated heterocycles. The molecule has 0 saturated carbocycles. The molecule has 0 aliphatic carbocycles. The van der Waals surface area contributed by atoms with Crippen LogP contribution in [0.25, 0.3) is 0 Å². The number of aromatic nitrogens is 2. The zero-order valence-electron chi connectivity index (χ0n) is 14.7. The minimum absolute atomic E-state index is 0. The third-order valence-electron chi connectivity index (χ3n) is 3.47. The minimum atomic E-state index is 0. The topological polar surface area (TPSA) is 57.5 Å². The summed E-state index contributed by atoms with van der Waals surface area (Å²) < 4.78 is 1.91. The van der Waals surface area contributed by atoms with Crippen LogP contribution in [-0.4, -0.2) is 54.4 Å². The Hall–Kier alpha value is -0.830. The maximum atomic E-state index is 4.66. The predicted molar refractivity (Wildman–Crippen MR) is 104 cm³/mol. The lowest BCUT2D eigenvalue weighted by atomic mass is 10.2. The first-order chi connectivity index (χ1) is 9.95. The van der Waals surface area contributed by atoms with Crippen molar-refractivity contribution >= 4 is 29.9 Å². The van der Waals surface area contributed by atoms with Gasteiger partial charge >= 0.3 is 0 Å². The van der Waals surface area contributed by atoms with Crippen molar-refractivity contribution in [3.63, 3.8) is 0 Å². The molecule has 128 valence electrons. The van der Waals surface area contributed by atoms with E-state index in [2.05, 4.69) is 53.6 Å². The zero-order valence-corrected chi connectivity index (χ0v) is 17.1. The van der Waals surface area contributed by atoms with Crippen LogP contribution < -0.4 is 10.6 Å². The van der Waals surface area contributed by atoms with Crippen LogP contribution in [0.5, 0.6) is 0 Å². The number of nitrogens with zero attached hydrogens (tertiary/aromatic N) is 4. The first kappa shape index (κ1) is 21.2. The van der Waals surface area contributed by atoms with E-state index in [1.54, 1.807) is 0 Å². The zero-order chi connectivity index (χ0) is 15.8. The second-order valence-corrected chi connectivity index (χ2v) is 5.55. The molecule has 1 aromatic heterocycles. The molecule has 0 amide bonds. The van der Waals surface area contributed by atoms with E-state index in [0.717, 1.165) is 37.7 Å². The Bertz CT molecular complexity index is 467. The summed E-state index contributed by atoms with van der Waals surface area (Å²) in [6, 6.07) is 0. The van der Waals surface area contributed by atoms with Gasteiger partial charge in [0.2, 0.25) is 0 Å². The molecule has 0 spiro atoms. The highest BCUT2D eigenvalue weighted by atomic mass is 127. The molecule has 0 aliphatic rings. The van der Waals surface area contributed by atoms with Gasteiger partial charge in [-0.3, -0.25) is 4.68 Å². The van der Waals surface area contributed by atoms with Gasteiger partial charge in [0.1, 0.15) is 0 Å². The minimum Gasteiger partial charge on any atom is -0.357 e. The van der Waals surface area contributed by atoms with E-state index < -0.39 is 0 Å². The smallest absolute Gasteiger partial charge is 0.191 e. The molecule has 2 N–H and O–H groups in total. The molecule has 0 aromatic carbocycles. The van der Waals surface area contributed by atoms with Crippen LogP contribution in [0.2, 0.25) is 0 Å². The fourth-order valence-corrected chi connectivity index (χ4v) is 2.15. The molecular weight excluding hydrogens is 391 g/mol. The molecule has 0 radical (unpaired) electrons. The molecule has 22 heavy (non-hydrogen) atoms. The number of aryl methyl sites for hydroxylation is 2. The third-order valence-corrected chi connectivity index (χ3v) is 3.47. The van der Waals surface area contributed by atoms with Crippen molar-refractivity contribution in [1.82, 2.24) is 25.3 Å². The Labute approximate surface area is 151 Å². The van der Waals surface area contributed by atoms with Gasteiger partial charge in [-0.15, -0.1) is 24.0 Å². The van der Waals surface area contributed by atoms with E-state index in [-0.39, 0.29) is 24.0 Å². The Kier molecular flexibility index (Phi) is 10.4. The maximum Gasteiger partial charge on any atom is 0.191 e. The lowest BCUT2D eigenvalue weighted by Crippen LogP contribution is -2.38. The molecule has 0 bridgehead atoms. The highest BCUT2D eigenvalue weighted by Crippen LogP contribution is 2.12. The van der Waals surface area contributed by atoms with E-state index in [9.17, 15) is 0 Å². The van der Waals surface area contributed by atoms with E-state index >= 15 is 0 Å². The van der Waals surface area contributed by atoms with Crippen LogP contribution in [-0.2, 0) is 13.6 Å². The summed E-state index contributed by atoms with van der Waals surface area (Å²) in [6.07, 6.45) is 1.10. The number of rotatable bonds is 7. The Morgan fingerprint density at radius 2 is 1.95 bits per heavy atom. The van der Waals surface area contributed by atoms with Crippen LogP contribution >= 0.6 is 24.0 Å². The molecule has 1 heterocycles. The standard InChI is InChI=1S/C15H30N6.HI/c1-7-16-15(17-9-8-10-20(4)5)18-11-14-12(2)19-21(6)13(14)3;/h7-11H2,1-6H3,(H2,16,17,18);1H. The number of aliphatic imine (C=N–C) groups is 1. The van der Waals surface area contributed by atoms with Crippen molar-refractivity contribution in [3.05, 3.63) is 17.0 Å². The Balaban J connectivity index is 0.00000441. The number of nitrogens with one attached hydrogen (secondary N) is 2. The summed E-state index contributed by atoms with van der Waals surface area (Å²) in [5, 5.41) is 11.1. The van der Waals surface area contributed by atoms with Gasteiger partial charge in [-0.2, -0.15) is 5.10 Å². The van der Waals surface area contributed by atoms with Gasteiger partial charge in [0.15, 0.2) is 5.96 Å². The van der Waals surface area contributed by atoms with E-state index in [0.29, 0.717) is 6.54 Å². The van der Waals surface area contributed by atoms with Gasteiger partial charge in [-0.1, -0.05) is 0 Å². The Morgan fingerprint density at radius 1 is 1.27 bits per heavy atom. The van der Waals surface area contributed by atoms with Crippen LogP contribution in [0, 0.1) is 13.8 Å². The van der Waals surface area contributed by atoms with Crippen LogP contribution in [0.15, 0.2) is 4.99 Å². The predicted octanol–water partition coefficient (Wildman–Crippen LogP) is 1.66. The van der Waals surface area contributed by atoms with Crippen molar-refractivity contribution in [2.45, 2.75) is 33.7 Å². The van der Waals surface area contributed by atoms with E-state index in [4.69, 9.17) is 0 Å². The SMILES string of the molecule is CCNC(=NCc1c(C)nn(C)c1C)NCCCN(C)C.I. The highest BCUT2D eigenvalue weighted by molar-refractivity contribution is 14.0. The quantitative estimate of drug-likeness (QED) is 0.304. The Morgan fingerprint density at radius 3 is 2.45 bits per heavy atom. The molecule has 0 atom stereocenters. The first-order valence-corrected chi connectivity index (χ1v) is 7.61. The lowest BCUT2D eigenvalue weighted by Gasteiger charge is -2.13. The van der Waals surface area contributed by atoms with Gasteiger partial charge in [0, 0.05) is 31.4 Å². The summed E-state index contributed by atoms with van der Waals surface area (Å²) >= 11 is 0. The number of halogens is 1. The summed E-state index contributed by atoms with van der Waals surface area (Å²) in [5.41, 5.74) is 3.45. The van der Waals surface area contributed by atoms with Crippen LogP contribution in [0.3, 0.4) is 0 Å². The lowest BCUT2D eigenvalue weighted by molar-refractivity contribution is 0.399. The molecular formula is C15H31IN6. The van der Waals surface area contributed by atoms with Gasteiger partial charge in [-0.05, 0) is 47.8 Å². The molecule has 1 rings (SSSR count). The molecule has 7 heteroatoms.